The summed E-state index contributed by atoms with van der Waals surface area (Å²) in [6.07, 6.45) is 1.62. The van der Waals surface area contributed by atoms with Crippen LogP contribution in [0.3, 0.4) is 0 Å². The van der Waals surface area contributed by atoms with Crippen molar-refractivity contribution in [3.63, 3.8) is 0 Å². The highest BCUT2D eigenvalue weighted by atomic mass is 79.9. The number of anilines is 1. The molecule has 10 heteroatoms. The molecule has 3 rings (SSSR count). The molecule has 0 aliphatic carbocycles. The van der Waals surface area contributed by atoms with E-state index in [1.54, 1.807) is 41.9 Å². The van der Waals surface area contributed by atoms with Gasteiger partial charge in [-0.05, 0) is 36.2 Å². The second-order valence-electron chi connectivity index (χ2n) is 6.90. The van der Waals surface area contributed by atoms with Crippen LogP contribution in [-0.4, -0.2) is 33.7 Å². The highest BCUT2D eigenvalue weighted by Gasteiger charge is 2.25. The van der Waals surface area contributed by atoms with E-state index in [1.165, 1.54) is 11.3 Å². The van der Waals surface area contributed by atoms with Gasteiger partial charge in [-0.25, -0.2) is 4.98 Å². The molecule has 5 N–H and O–H groups in total. The number of nitrogens with two attached hydrogens (primary N) is 1. The lowest BCUT2D eigenvalue weighted by atomic mass is 10.0. The second kappa shape index (κ2) is 9.23. The van der Waals surface area contributed by atoms with Crippen LogP contribution in [0.5, 0.6) is 0 Å². The van der Waals surface area contributed by atoms with E-state index in [0.717, 1.165) is 4.47 Å². The Balaban J connectivity index is 1.69. The largest absolute Gasteiger partial charge is 0.364 e. The summed E-state index contributed by atoms with van der Waals surface area (Å²) in [5, 5.41) is 7.68. The molecule has 2 aromatic heterocycles. The Hall–Kier alpha value is -2.98. The van der Waals surface area contributed by atoms with E-state index >= 15 is 0 Å². The Morgan fingerprint density at radius 2 is 1.90 bits per heavy atom. The Bertz CT molecular complexity index is 1070. The minimum atomic E-state index is -0.734. The van der Waals surface area contributed by atoms with Crippen LogP contribution in [0.1, 0.15) is 34.7 Å². The van der Waals surface area contributed by atoms with Gasteiger partial charge in [0.1, 0.15) is 11.7 Å². The number of primary amides is 1. The monoisotopic (exact) mass is 489 g/mol. The quantitative estimate of drug-likeness (QED) is 0.405. The number of nitrogens with one attached hydrogen (secondary N) is 3. The molecule has 1 unspecified atom stereocenters. The summed E-state index contributed by atoms with van der Waals surface area (Å²) >= 11 is 4.57. The van der Waals surface area contributed by atoms with Gasteiger partial charge < -0.3 is 21.4 Å². The summed E-state index contributed by atoms with van der Waals surface area (Å²) in [6.45, 7) is 3.70. The predicted molar refractivity (Wildman–Crippen MR) is 119 cm³/mol. The average Bonchev–Trinajstić information content (AvgIpc) is 3.35. The van der Waals surface area contributed by atoms with E-state index in [2.05, 4.69) is 36.5 Å². The van der Waals surface area contributed by atoms with E-state index in [-0.39, 0.29) is 23.4 Å². The molecule has 0 radical (unpaired) electrons. The lowest BCUT2D eigenvalue weighted by Crippen LogP contribution is -2.47. The Kier molecular flexibility index (Phi) is 6.68. The fourth-order valence-corrected chi connectivity index (χ4v) is 3.68. The highest BCUT2D eigenvalue weighted by Crippen LogP contribution is 2.25. The van der Waals surface area contributed by atoms with E-state index < -0.39 is 11.9 Å². The van der Waals surface area contributed by atoms with Crippen LogP contribution >= 0.6 is 27.3 Å². The van der Waals surface area contributed by atoms with Gasteiger partial charge in [-0.1, -0.05) is 29.8 Å². The zero-order valence-electron chi connectivity index (χ0n) is 16.2. The van der Waals surface area contributed by atoms with Gasteiger partial charge in [0, 0.05) is 27.2 Å². The van der Waals surface area contributed by atoms with Crippen LogP contribution in [-0.2, 0) is 4.79 Å². The normalized spacial score (nSPS) is 11.9. The van der Waals surface area contributed by atoms with Crippen LogP contribution in [0.4, 0.5) is 5.13 Å². The first-order valence-electron chi connectivity index (χ1n) is 9.06. The Morgan fingerprint density at radius 1 is 1.20 bits per heavy atom. The molecule has 3 amide bonds. The number of H-pyrrole nitrogens is 1. The molecule has 0 spiro atoms. The number of amides is 3. The minimum Gasteiger partial charge on any atom is -0.364 e. The lowest BCUT2D eigenvalue weighted by Gasteiger charge is -2.21. The molecule has 8 nitrogen and oxygen atoms in total. The molecule has 1 aromatic carbocycles. The molecule has 30 heavy (non-hydrogen) atoms. The third-order valence-electron chi connectivity index (χ3n) is 4.32. The summed E-state index contributed by atoms with van der Waals surface area (Å²) in [4.78, 5) is 43.7. The third kappa shape index (κ3) is 5.14. The smallest absolute Gasteiger partial charge is 0.265 e. The maximum Gasteiger partial charge on any atom is 0.265 e. The topological polar surface area (TPSA) is 130 Å². The number of hydrogen-bond donors (Lipinski definition) is 4. The third-order valence-corrected chi connectivity index (χ3v) is 5.61. The second-order valence-corrected chi connectivity index (χ2v) is 8.67. The molecule has 0 bridgehead atoms. The molecule has 2 heterocycles. The highest BCUT2D eigenvalue weighted by molar-refractivity contribution is 9.10. The number of hydrogen-bond acceptors (Lipinski definition) is 5. The lowest BCUT2D eigenvalue weighted by molar-refractivity contribution is -0.118. The number of halogens is 1. The predicted octanol–water partition coefficient (Wildman–Crippen LogP) is 3.39. The summed E-state index contributed by atoms with van der Waals surface area (Å²) in [5.41, 5.74) is 7.27. The molecule has 0 fully saturated rings. The fraction of sp³-hybridized carbons (Fsp3) is 0.200. The molecule has 3 aromatic rings. The van der Waals surface area contributed by atoms with Crippen LogP contribution in [0.25, 0.3) is 11.3 Å². The summed E-state index contributed by atoms with van der Waals surface area (Å²) in [5.74, 6) is -1.39. The molecule has 0 aliphatic heterocycles. The number of nitrogens with zero attached hydrogens (tertiary/aromatic N) is 1. The van der Waals surface area contributed by atoms with Gasteiger partial charge >= 0.3 is 0 Å². The standard InChI is InChI=1S/C20H20BrN5O3S/c1-10(2)16(25-18(28)11-3-5-13(21)6-4-11)19(29)26-20-24-15(9-30-20)12-7-14(17(22)27)23-8-12/h3-10,16,23H,1-2H3,(H2,22,27)(H,25,28)(H,24,26,29). The maximum atomic E-state index is 12.8. The van der Waals surface area contributed by atoms with Gasteiger partial charge in [0.2, 0.25) is 5.91 Å². The van der Waals surface area contributed by atoms with Gasteiger partial charge in [0.25, 0.3) is 11.8 Å². The Morgan fingerprint density at radius 3 is 2.50 bits per heavy atom. The van der Waals surface area contributed by atoms with E-state index in [0.29, 0.717) is 22.0 Å². The molecular formula is C20H20BrN5O3S. The number of benzene rings is 1. The van der Waals surface area contributed by atoms with Crippen molar-refractivity contribution in [2.24, 2.45) is 11.7 Å². The number of thiazole rings is 1. The number of aromatic nitrogens is 2. The van der Waals surface area contributed by atoms with Crippen LogP contribution < -0.4 is 16.4 Å². The molecule has 156 valence electrons. The first-order chi connectivity index (χ1) is 14.2. The molecular weight excluding hydrogens is 470 g/mol. The first kappa shape index (κ1) is 21.7. The molecule has 0 saturated heterocycles. The average molecular weight is 490 g/mol. The van der Waals surface area contributed by atoms with Crippen molar-refractivity contribution in [2.45, 2.75) is 19.9 Å². The van der Waals surface area contributed by atoms with Gasteiger partial charge in [0.05, 0.1) is 5.69 Å². The van der Waals surface area contributed by atoms with Gasteiger partial charge in [0.15, 0.2) is 5.13 Å². The van der Waals surface area contributed by atoms with Gasteiger partial charge in [-0.3, -0.25) is 14.4 Å². The van der Waals surface area contributed by atoms with Crippen molar-refractivity contribution in [3.8, 4) is 11.3 Å². The number of rotatable bonds is 7. The summed E-state index contributed by atoms with van der Waals surface area (Å²) < 4.78 is 0.863. The zero-order chi connectivity index (χ0) is 21.8. The molecule has 1 atom stereocenters. The fourth-order valence-electron chi connectivity index (χ4n) is 2.69. The zero-order valence-corrected chi connectivity index (χ0v) is 18.6. The number of aromatic amines is 1. The van der Waals surface area contributed by atoms with Gasteiger partial charge in [-0.2, -0.15) is 0 Å². The summed E-state index contributed by atoms with van der Waals surface area (Å²) in [7, 11) is 0. The van der Waals surface area contributed by atoms with Crippen molar-refractivity contribution < 1.29 is 14.4 Å². The molecule has 0 saturated carbocycles. The number of carbonyl (C=O) groups is 3. The molecule has 0 aliphatic rings. The van der Waals surface area contributed by atoms with Crippen molar-refractivity contribution >= 4 is 50.1 Å². The maximum absolute atomic E-state index is 12.8. The van der Waals surface area contributed by atoms with E-state index in [1.807, 2.05) is 13.8 Å². The van der Waals surface area contributed by atoms with Crippen molar-refractivity contribution in [1.82, 2.24) is 15.3 Å². The van der Waals surface area contributed by atoms with E-state index in [9.17, 15) is 14.4 Å². The van der Waals surface area contributed by atoms with Crippen molar-refractivity contribution in [1.29, 1.82) is 0 Å². The van der Waals surface area contributed by atoms with Gasteiger partial charge in [-0.15, -0.1) is 11.3 Å². The van der Waals surface area contributed by atoms with Crippen molar-refractivity contribution in [3.05, 3.63) is 57.6 Å². The Labute approximate surface area is 185 Å². The first-order valence-corrected chi connectivity index (χ1v) is 10.7. The van der Waals surface area contributed by atoms with E-state index in [4.69, 9.17) is 5.73 Å². The van der Waals surface area contributed by atoms with Crippen LogP contribution in [0, 0.1) is 5.92 Å². The van der Waals surface area contributed by atoms with Crippen molar-refractivity contribution in [2.75, 3.05) is 5.32 Å². The van der Waals surface area contributed by atoms with Crippen LogP contribution in [0.2, 0.25) is 0 Å². The van der Waals surface area contributed by atoms with Crippen LogP contribution in [0.15, 0.2) is 46.4 Å². The number of carbonyl (C=O) groups excluding carboxylic acids is 3. The summed E-state index contributed by atoms with van der Waals surface area (Å²) in [6, 6.07) is 7.75. The SMILES string of the molecule is CC(C)C(NC(=O)c1ccc(Br)cc1)C(=O)Nc1nc(-c2c[nH]c(C(N)=O)c2)cs1. The minimum absolute atomic E-state index is 0.133.